The summed E-state index contributed by atoms with van der Waals surface area (Å²) in [6.07, 6.45) is 3.59. The van der Waals surface area contributed by atoms with Gasteiger partial charge in [-0.1, -0.05) is 6.07 Å². The number of aromatic nitrogens is 3. The van der Waals surface area contributed by atoms with E-state index in [9.17, 15) is 5.11 Å². The predicted molar refractivity (Wildman–Crippen MR) is 72.2 cm³/mol. The van der Waals surface area contributed by atoms with Crippen molar-refractivity contribution in [3.63, 3.8) is 0 Å². The molecule has 3 rings (SSSR count). The number of hydrogen-bond acceptors (Lipinski definition) is 3. The van der Waals surface area contributed by atoms with E-state index in [1.807, 2.05) is 41.8 Å². The van der Waals surface area contributed by atoms with E-state index >= 15 is 0 Å². The van der Waals surface area contributed by atoms with E-state index in [1.54, 1.807) is 23.9 Å². The molecule has 0 unspecified atom stereocenters. The normalized spacial score (nSPS) is 12.0. The summed E-state index contributed by atoms with van der Waals surface area (Å²) in [5.74, 6) is 0.486. The van der Waals surface area contributed by atoms with E-state index in [4.69, 9.17) is 0 Å². The van der Waals surface area contributed by atoms with Crippen LogP contribution in [0.4, 0.5) is 5.82 Å². The van der Waals surface area contributed by atoms with Crippen LogP contribution in [0.5, 0.6) is 5.88 Å². The lowest BCUT2D eigenvalue weighted by Gasteiger charge is -2.09. The summed E-state index contributed by atoms with van der Waals surface area (Å²) >= 11 is 0. The van der Waals surface area contributed by atoms with E-state index in [2.05, 4.69) is 9.98 Å². The van der Waals surface area contributed by atoms with Crippen molar-refractivity contribution in [1.29, 1.82) is 0 Å². The highest BCUT2D eigenvalue weighted by Crippen LogP contribution is 2.06. The van der Waals surface area contributed by atoms with Crippen molar-refractivity contribution in [2.24, 2.45) is 12.0 Å². The molecule has 5 heteroatoms. The first-order valence-electron chi connectivity index (χ1n) is 6.30. The van der Waals surface area contributed by atoms with E-state index < -0.39 is 0 Å². The molecule has 0 aliphatic heterocycles. The molecule has 100 valence electrons. The van der Waals surface area contributed by atoms with Crippen molar-refractivity contribution in [2.75, 3.05) is 0 Å². The molecule has 0 amide bonds. The quantitative estimate of drug-likeness (QED) is 0.611. The summed E-state index contributed by atoms with van der Waals surface area (Å²) < 4.78 is 3.48. The second-order valence-corrected chi connectivity index (χ2v) is 4.63. The maximum Gasteiger partial charge on any atom is 0.287 e. The number of aryl methyl sites for hydroxylation is 2. The largest absolute Gasteiger partial charge is 0.842 e. The zero-order valence-electron chi connectivity index (χ0n) is 11.3. The van der Waals surface area contributed by atoms with Crippen LogP contribution in [0.15, 0.2) is 53.8 Å². The average Bonchev–Trinajstić information content (AvgIpc) is 2.45. The lowest BCUT2D eigenvalue weighted by Crippen LogP contribution is -2.39. The fourth-order valence-corrected chi connectivity index (χ4v) is 2.06. The van der Waals surface area contributed by atoms with Crippen molar-refractivity contribution >= 4 is 11.5 Å². The second kappa shape index (κ2) is 4.77. The summed E-state index contributed by atoms with van der Waals surface area (Å²) in [5, 5.41) is 12.0. The third-order valence-electron chi connectivity index (χ3n) is 3.14. The van der Waals surface area contributed by atoms with Gasteiger partial charge in [-0.25, -0.2) is 9.55 Å². The lowest BCUT2D eigenvalue weighted by atomic mass is 10.3. The number of rotatable bonds is 1. The Morgan fingerprint density at radius 1 is 1.25 bits per heavy atom. The molecule has 3 heterocycles. The van der Waals surface area contributed by atoms with Crippen LogP contribution < -0.4 is 15.2 Å². The Balaban J connectivity index is 2.37. The standard InChI is InChI=1S/C15H14N4O/c1-11-6-8-19-13(17-12-5-3-4-7-16-12)10-15(20)18(2)14(19)9-11/h3-10H,1-2H3. The Morgan fingerprint density at radius 3 is 2.85 bits per heavy atom. The molecule has 0 aromatic carbocycles. The highest BCUT2D eigenvalue weighted by molar-refractivity contribution is 5.36. The second-order valence-electron chi connectivity index (χ2n) is 4.63. The first-order valence-corrected chi connectivity index (χ1v) is 6.30. The Labute approximate surface area is 116 Å². The topological polar surface area (TPSA) is 56.6 Å². The van der Waals surface area contributed by atoms with Crippen LogP contribution in [0.1, 0.15) is 5.56 Å². The monoisotopic (exact) mass is 266 g/mol. The zero-order valence-corrected chi connectivity index (χ0v) is 11.3. The molecule has 3 aromatic rings. The third kappa shape index (κ3) is 2.14. The maximum absolute atomic E-state index is 12.0. The van der Waals surface area contributed by atoms with Gasteiger partial charge in [-0.3, -0.25) is 0 Å². The average molecular weight is 266 g/mol. The Morgan fingerprint density at radius 2 is 2.10 bits per heavy atom. The summed E-state index contributed by atoms with van der Waals surface area (Å²) in [7, 11) is 1.75. The van der Waals surface area contributed by atoms with Crippen molar-refractivity contribution in [3.8, 4) is 5.88 Å². The predicted octanol–water partition coefficient (Wildman–Crippen LogP) is 0.773. The van der Waals surface area contributed by atoms with Crippen LogP contribution in [0.2, 0.25) is 0 Å². The Bertz CT molecular complexity index is 838. The molecule has 0 spiro atoms. The third-order valence-corrected chi connectivity index (χ3v) is 3.14. The molecule has 0 saturated heterocycles. The molecular weight excluding hydrogens is 252 g/mol. The van der Waals surface area contributed by atoms with E-state index in [0.29, 0.717) is 11.3 Å². The summed E-state index contributed by atoms with van der Waals surface area (Å²) in [6, 6.07) is 10.9. The molecule has 0 aliphatic carbocycles. The maximum atomic E-state index is 12.0. The molecule has 0 radical (unpaired) electrons. The number of pyridine rings is 2. The molecule has 5 nitrogen and oxygen atoms in total. The molecule has 0 fully saturated rings. The smallest absolute Gasteiger partial charge is 0.287 e. The highest BCUT2D eigenvalue weighted by atomic mass is 16.3. The van der Waals surface area contributed by atoms with Gasteiger partial charge in [0.1, 0.15) is 0 Å². The first-order chi connectivity index (χ1) is 9.65. The first kappa shape index (κ1) is 12.3. The zero-order chi connectivity index (χ0) is 14.1. The minimum absolute atomic E-state index is 0.0923. The molecule has 0 N–H and O–H groups in total. The van der Waals surface area contributed by atoms with Crippen molar-refractivity contribution < 1.29 is 9.67 Å². The number of fused-ring (bicyclic) bond motifs is 1. The van der Waals surface area contributed by atoms with Gasteiger partial charge >= 0.3 is 0 Å². The van der Waals surface area contributed by atoms with Gasteiger partial charge < -0.3 is 5.11 Å². The fourth-order valence-electron chi connectivity index (χ4n) is 2.06. The van der Waals surface area contributed by atoms with Crippen LogP contribution in [-0.4, -0.2) is 9.38 Å². The van der Waals surface area contributed by atoms with Gasteiger partial charge in [0.15, 0.2) is 5.82 Å². The van der Waals surface area contributed by atoms with Crippen molar-refractivity contribution in [2.45, 2.75) is 6.92 Å². The van der Waals surface area contributed by atoms with Gasteiger partial charge in [-0.2, -0.15) is 9.39 Å². The Hall–Kier alpha value is -2.69. The molecule has 0 saturated carbocycles. The number of hydrogen-bond donors (Lipinski definition) is 0. The molecule has 20 heavy (non-hydrogen) atoms. The van der Waals surface area contributed by atoms with Crippen molar-refractivity contribution in [3.05, 3.63) is 59.8 Å². The van der Waals surface area contributed by atoms with Crippen LogP contribution in [0.3, 0.4) is 0 Å². The van der Waals surface area contributed by atoms with Crippen molar-refractivity contribution in [1.82, 2.24) is 9.38 Å². The summed E-state index contributed by atoms with van der Waals surface area (Å²) in [5.41, 5.74) is 2.46. The van der Waals surface area contributed by atoms with Gasteiger partial charge in [-0.05, 0) is 30.7 Å². The minimum Gasteiger partial charge on any atom is -0.842 e. The summed E-state index contributed by atoms with van der Waals surface area (Å²) in [4.78, 5) is 8.60. The van der Waals surface area contributed by atoms with E-state index in [0.717, 1.165) is 11.2 Å². The van der Waals surface area contributed by atoms with Crippen LogP contribution in [-0.2, 0) is 7.05 Å². The minimum atomic E-state index is -0.0923. The van der Waals surface area contributed by atoms with Gasteiger partial charge in [-0.15, -0.1) is 0 Å². The van der Waals surface area contributed by atoms with Crippen LogP contribution >= 0.6 is 0 Å². The summed E-state index contributed by atoms with van der Waals surface area (Å²) in [6.45, 7) is 1.99. The van der Waals surface area contributed by atoms with Gasteiger partial charge in [0.2, 0.25) is 5.49 Å². The highest BCUT2D eigenvalue weighted by Gasteiger charge is 2.08. The van der Waals surface area contributed by atoms with Crippen LogP contribution in [0, 0.1) is 6.92 Å². The van der Waals surface area contributed by atoms with Crippen LogP contribution in [0.25, 0.3) is 5.65 Å². The van der Waals surface area contributed by atoms with Gasteiger partial charge in [0.05, 0.1) is 19.1 Å². The van der Waals surface area contributed by atoms with Gasteiger partial charge in [0.25, 0.3) is 5.65 Å². The molecule has 0 aliphatic rings. The van der Waals surface area contributed by atoms with E-state index in [1.165, 1.54) is 6.07 Å². The number of nitrogens with zero attached hydrogens (tertiary/aromatic N) is 4. The molecular formula is C15H14N4O. The molecule has 0 bridgehead atoms. The van der Waals surface area contributed by atoms with E-state index in [-0.39, 0.29) is 5.88 Å². The molecule has 0 atom stereocenters. The SMILES string of the molecule is Cc1ccn2/c(=N\c3ccccn3)cc([O-])[n+](C)c2c1. The Kier molecular flexibility index (Phi) is 2.95. The lowest BCUT2D eigenvalue weighted by molar-refractivity contribution is -0.694. The fraction of sp³-hybridized carbons (Fsp3) is 0.133. The van der Waals surface area contributed by atoms with Gasteiger partial charge in [0, 0.05) is 18.3 Å². The molecule has 3 aromatic heterocycles.